The van der Waals surface area contributed by atoms with Crippen LogP contribution in [-0.2, 0) is 0 Å². The van der Waals surface area contributed by atoms with E-state index in [0.29, 0.717) is 5.52 Å². The van der Waals surface area contributed by atoms with E-state index in [4.69, 9.17) is 0 Å². The average Bonchev–Trinajstić information content (AvgIpc) is 2.94. The Balaban J connectivity index is 1.95. The molecule has 4 aromatic rings. The first-order chi connectivity index (χ1) is 11.1. The summed E-state index contributed by atoms with van der Waals surface area (Å²) in [4.78, 5) is 20.7. The molecule has 0 saturated carbocycles. The number of hydrogen-bond acceptors (Lipinski definition) is 2. The first kappa shape index (κ1) is 13.8. The molecule has 0 spiro atoms. The van der Waals surface area contributed by atoms with E-state index >= 15 is 0 Å². The number of benzene rings is 2. The van der Waals surface area contributed by atoms with Crippen LogP contribution in [0.2, 0.25) is 0 Å². The summed E-state index contributed by atoms with van der Waals surface area (Å²) in [7, 11) is 0. The minimum absolute atomic E-state index is 0.0415. The van der Waals surface area contributed by atoms with E-state index in [9.17, 15) is 4.79 Å². The highest BCUT2D eigenvalue weighted by Crippen LogP contribution is 2.23. The minimum Gasteiger partial charge on any atom is -0.349 e. The van der Waals surface area contributed by atoms with Crippen LogP contribution in [-0.4, -0.2) is 14.5 Å². The molecule has 4 heteroatoms. The Kier molecular flexibility index (Phi) is 3.05. The van der Waals surface area contributed by atoms with Crippen molar-refractivity contribution in [1.82, 2.24) is 14.5 Å². The Morgan fingerprint density at radius 1 is 1.13 bits per heavy atom. The van der Waals surface area contributed by atoms with Crippen molar-refractivity contribution in [1.29, 1.82) is 0 Å². The number of nitrogens with one attached hydrogen (secondary N) is 1. The fourth-order valence-electron chi connectivity index (χ4n) is 3.05. The van der Waals surface area contributed by atoms with Crippen molar-refractivity contribution in [2.45, 2.75) is 19.9 Å². The zero-order valence-electron chi connectivity index (χ0n) is 13.1. The van der Waals surface area contributed by atoms with Gasteiger partial charge in [0.1, 0.15) is 11.0 Å². The number of nitrogens with zero attached hydrogens (tertiary/aromatic N) is 2. The van der Waals surface area contributed by atoms with Crippen molar-refractivity contribution >= 4 is 21.9 Å². The maximum atomic E-state index is 12.9. The Hall–Kier alpha value is -2.88. The predicted octanol–water partition coefficient (Wildman–Crippen LogP) is 3.80. The molecule has 114 valence electrons. The number of aromatic amines is 1. The third kappa shape index (κ3) is 2.14. The van der Waals surface area contributed by atoms with Crippen molar-refractivity contribution in [2.75, 3.05) is 0 Å². The summed E-state index contributed by atoms with van der Waals surface area (Å²) < 4.78 is 1.68. The zero-order chi connectivity index (χ0) is 16.0. The van der Waals surface area contributed by atoms with Gasteiger partial charge in [0.2, 0.25) is 0 Å². The summed E-state index contributed by atoms with van der Waals surface area (Å²) >= 11 is 0. The molecule has 1 atom stereocenters. The normalized spacial score (nSPS) is 12.8. The van der Waals surface area contributed by atoms with Gasteiger partial charge in [-0.05, 0) is 31.5 Å². The van der Waals surface area contributed by atoms with Crippen LogP contribution in [0.4, 0.5) is 0 Å². The number of aromatic nitrogens is 3. The van der Waals surface area contributed by atoms with Crippen LogP contribution < -0.4 is 5.56 Å². The molecule has 2 aromatic heterocycles. The SMILES string of the molecule is Cc1ccc2[nH]c3c(=O)n([C@H](C)c4ccccc4)cnc3c2c1. The molecule has 23 heavy (non-hydrogen) atoms. The molecule has 0 aliphatic heterocycles. The molecule has 2 heterocycles. The summed E-state index contributed by atoms with van der Waals surface area (Å²) in [6, 6.07) is 16.0. The number of H-pyrrole nitrogens is 1. The lowest BCUT2D eigenvalue weighted by Gasteiger charge is -2.14. The van der Waals surface area contributed by atoms with Gasteiger partial charge in [0, 0.05) is 10.9 Å². The summed E-state index contributed by atoms with van der Waals surface area (Å²) in [5.41, 5.74) is 4.45. The molecule has 2 aromatic carbocycles. The van der Waals surface area contributed by atoms with Crippen molar-refractivity contribution in [3.8, 4) is 0 Å². The zero-order valence-corrected chi connectivity index (χ0v) is 13.1. The number of hydrogen-bond donors (Lipinski definition) is 1. The Labute approximate surface area is 133 Å². The molecule has 1 N–H and O–H groups in total. The van der Waals surface area contributed by atoms with E-state index in [2.05, 4.69) is 16.0 Å². The molecule has 0 aliphatic carbocycles. The molecule has 0 radical (unpaired) electrons. The Bertz CT molecular complexity index is 1060. The lowest BCUT2D eigenvalue weighted by atomic mass is 10.1. The van der Waals surface area contributed by atoms with Crippen molar-refractivity contribution in [2.24, 2.45) is 0 Å². The summed E-state index contributed by atoms with van der Waals surface area (Å²) in [6.07, 6.45) is 1.65. The van der Waals surface area contributed by atoms with Crippen LogP contribution in [0, 0.1) is 6.92 Å². The predicted molar refractivity (Wildman–Crippen MR) is 92.9 cm³/mol. The Morgan fingerprint density at radius 3 is 2.70 bits per heavy atom. The van der Waals surface area contributed by atoms with E-state index < -0.39 is 0 Å². The topological polar surface area (TPSA) is 50.7 Å². The molecule has 4 rings (SSSR count). The van der Waals surface area contributed by atoms with E-state index in [-0.39, 0.29) is 11.6 Å². The van der Waals surface area contributed by atoms with Gasteiger partial charge in [-0.15, -0.1) is 0 Å². The number of fused-ring (bicyclic) bond motifs is 3. The van der Waals surface area contributed by atoms with Gasteiger partial charge in [-0.3, -0.25) is 9.36 Å². The van der Waals surface area contributed by atoms with Gasteiger partial charge >= 0.3 is 0 Å². The summed E-state index contributed by atoms with van der Waals surface area (Å²) in [5, 5.41) is 0.997. The minimum atomic E-state index is -0.0613. The highest BCUT2D eigenvalue weighted by atomic mass is 16.1. The number of aryl methyl sites for hydroxylation is 1. The van der Waals surface area contributed by atoms with Crippen LogP contribution in [0.5, 0.6) is 0 Å². The second-order valence-electron chi connectivity index (χ2n) is 5.94. The maximum Gasteiger partial charge on any atom is 0.278 e. The highest BCUT2D eigenvalue weighted by Gasteiger charge is 2.15. The van der Waals surface area contributed by atoms with Crippen LogP contribution in [0.1, 0.15) is 24.1 Å². The van der Waals surface area contributed by atoms with Gasteiger partial charge in [-0.25, -0.2) is 4.98 Å². The molecule has 0 unspecified atom stereocenters. The van der Waals surface area contributed by atoms with Gasteiger partial charge in [-0.2, -0.15) is 0 Å². The molecular weight excluding hydrogens is 286 g/mol. The lowest BCUT2D eigenvalue weighted by Crippen LogP contribution is -2.24. The monoisotopic (exact) mass is 303 g/mol. The van der Waals surface area contributed by atoms with Gasteiger partial charge < -0.3 is 4.98 Å². The van der Waals surface area contributed by atoms with Crippen molar-refractivity contribution in [3.05, 3.63) is 76.3 Å². The van der Waals surface area contributed by atoms with Crippen molar-refractivity contribution in [3.63, 3.8) is 0 Å². The molecular formula is C19H17N3O. The maximum absolute atomic E-state index is 12.9. The molecule has 0 aliphatic rings. The van der Waals surface area contributed by atoms with E-state index in [0.717, 1.165) is 27.5 Å². The van der Waals surface area contributed by atoms with Gasteiger partial charge in [0.05, 0.1) is 12.4 Å². The summed E-state index contributed by atoms with van der Waals surface area (Å²) in [5.74, 6) is 0. The van der Waals surface area contributed by atoms with Crippen LogP contribution in [0.15, 0.2) is 59.7 Å². The van der Waals surface area contributed by atoms with Gasteiger partial charge in [0.25, 0.3) is 5.56 Å². The van der Waals surface area contributed by atoms with Crippen LogP contribution in [0.25, 0.3) is 21.9 Å². The molecule has 0 bridgehead atoms. The first-order valence-corrected chi connectivity index (χ1v) is 7.69. The van der Waals surface area contributed by atoms with Crippen LogP contribution in [0.3, 0.4) is 0 Å². The Morgan fingerprint density at radius 2 is 1.91 bits per heavy atom. The van der Waals surface area contributed by atoms with E-state index in [1.165, 1.54) is 0 Å². The fourth-order valence-corrected chi connectivity index (χ4v) is 3.05. The largest absolute Gasteiger partial charge is 0.349 e. The van der Waals surface area contributed by atoms with Gasteiger partial charge in [-0.1, -0.05) is 42.0 Å². The molecule has 0 fully saturated rings. The highest BCUT2D eigenvalue weighted by molar-refractivity contribution is 6.04. The second-order valence-corrected chi connectivity index (χ2v) is 5.94. The van der Waals surface area contributed by atoms with Gasteiger partial charge in [0.15, 0.2) is 0 Å². The van der Waals surface area contributed by atoms with Crippen LogP contribution >= 0.6 is 0 Å². The fraction of sp³-hybridized carbons (Fsp3) is 0.158. The lowest BCUT2D eigenvalue weighted by molar-refractivity contribution is 0.608. The molecule has 0 saturated heterocycles. The summed E-state index contributed by atoms with van der Waals surface area (Å²) in [6.45, 7) is 4.05. The second kappa shape index (κ2) is 5.09. The molecule has 0 amide bonds. The standard InChI is InChI=1S/C19H17N3O/c1-12-8-9-16-15(10-12)17-18(21-16)19(23)22(11-20-17)13(2)14-6-4-3-5-7-14/h3-11,13,21H,1-2H3/t13-/m1/s1. The quantitative estimate of drug-likeness (QED) is 0.612. The van der Waals surface area contributed by atoms with Crippen molar-refractivity contribution < 1.29 is 0 Å². The smallest absolute Gasteiger partial charge is 0.278 e. The van der Waals surface area contributed by atoms with E-state index in [1.54, 1.807) is 10.9 Å². The first-order valence-electron chi connectivity index (χ1n) is 7.69. The number of rotatable bonds is 2. The third-order valence-corrected chi connectivity index (χ3v) is 4.39. The van der Waals surface area contributed by atoms with E-state index in [1.807, 2.05) is 56.3 Å². The molecule has 4 nitrogen and oxygen atoms in total. The average molecular weight is 303 g/mol. The third-order valence-electron chi connectivity index (χ3n) is 4.39.